The van der Waals surface area contributed by atoms with Gasteiger partial charge in [-0.25, -0.2) is 9.37 Å². The molecule has 0 unspecified atom stereocenters. The summed E-state index contributed by atoms with van der Waals surface area (Å²) in [6.07, 6.45) is 1.61. The highest BCUT2D eigenvalue weighted by atomic mass is 79.9. The minimum absolute atomic E-state index is 0.0319. The van der Waals surface area contributed by atoms with Crippen molar-refractivity contribution in [1.29, 1.82) is 0 Å². The summed E-state index contributed by atoms with van der Waals surface area (Å²) in [6, 6.07) is 7.87. The minimum atomic E-state index is -0.526. The van der Waals surface area contributed by atoms with Gasteiger partial charge in [0.2, 0.25) is 5.88 Å². The molecule has 0 aliphatic rings. The summed E-state index contributed by atoms with van der Waals surface area (Å²) in [5.41, 5.74) is 0.823. The second-order valence-corrected chi connectivity index (χ2v) is 5.26. The van der Waals surface area contributed by atoms with Gasteiger partial charge in [0.15, 0.2) is 18.2 Å². The fraction of sp³-hybridized carbons (Fsp3) is 0.200. The third-order valence-electron chi connectivity index (χ3n) is 2.75. The summed E-state index contributed by atoms with van der Waals surface area (Å²) in [4.78, 5) is 15.7. The number of halogens is 2. The van der Waals surface area contributed by atoms with Crippen molar-refractivity contribution in [3.63, 3.8) is 0 Å². The van der Waals surface area contributed by atoms with Crippen LogP contribution in [0.2, 0.25) is 0 Å². The number of carbonyl (C=O) groups is 1. The number of nitrogens with zero attached hydrogens (tertiary/aromatic N) is 1. The Balaban J connectivity index is 1.80. The molecule has 0 bridgehead atoms. The van der Waals surface area contributed by atoms with E-state index in [1.54, 1.807) is 24.4 Å². The lowest BCUT2D eigenvalue weighted by Crippen LogP contribution is -2.28. The van der Waals surface area contributed by atoms with Crippen LogP contribution in [0.15, 0.2) is 41.0 Å². The fourth-order valence-electron chi connectivity index (χ4n) is 1.62. The van der Waals surface area contributed by atoms with Crippen LogP contribution in [0, 0.1) is 5.82 Å². The lowest BCUT2D eigenvalue weighted by Gasteiger charge is -2.08. The van der Waals surface area contributed by atoms with Crippen LogP contribution < -0.4 is 14.8 Å². The van der Waals surface area contributed by atoms with Gasteiger partial charge in [-0.15, -0.1) is 0 Å². The van der Waals surface area contributed by atoms with Gasteiger partial charge < -0.3 is 14.8 Å². The van der Waals surface area contributed by atoms with Crippen LogP contribution in [-0.4, -0.2) is 24.6 Å². The van der Waals surface area contributed by atoms with Gasteiger partial charge in [-0.3, -0.25) is 4.79 Å². The summed E-state index contributed by atoms with van der Waals surface area (Å²) in [5.74, 6) is -0.340. The molecule has 1 N–H and O–H groups in total. The average Bonchev–Trinajstić information content (AvgIpc) is 2.52. The molecule has 116 valence electrons. The molecule has 7 heteroatoms. The number of hydrogen-bond donors (Lipinski definition) is 1. The van der Waals surface area contributed by atoms with Crippen molar-refractivity contribution in [2.45, 2.75) is 6.54 Å². The molecule has 0 radical (unpaired) electrons. The first-order chi connectivity index (χ1) is 10.6. The monoisotopic (exact) mass is 368 g/mol. The highest BCUT2D eigenvalue weighted by Gasteiger charge is 2.07. The molecule has 5 nitrogen and oxygen atoms in total. The van der Waals surface area contributed by atoms with Crippen molar-refractivity contribution in [1.82, 2.24) is 10.3 Å². The maximum absolute atomic E-state index is 13.5. The molecule has 1 aromatic carbocycles. The van der Waals surface area contributed by atoms with Gasteiger partial charge in [0.1, 0.15) is 0 Å². The fourth-order valence-corrected chi connectivity index (χ4v) is 1.96. The van der Waals surface area contributed by atoms with Crippen LogP contribution >= 0.6 is 15.9 Å². The van der Waals surface area contributed by atoms with Crippen molar-refractivity contribution in [2.75, 3.05) is 13.7 Å². The largest absolute Gasteiger partial charge is 0.481 e. The first-order valence-corrected chi connectivity index (χ1v) is 7.21. The third kappa shape index (κ3) is 4.70. The van der Waals surface area contributed by atoms with E-state index in [1.807, 2.05) is 0 Å². The molecule has 2 aromatic rings. The van der Waals surface area contributed by atoms with Crippen LogP contribution in [0.25, 0.3) is 0 Å². The molecule has 22 heavy (non-hydrogen) atoms. The van der Waals surface area contributed by atoms with Crippen molar-refractivity contribution in [3.8, 4) is 11.6 Å². The Bertz CT molecular complexity index is 650. The Morgan fingerprint density at radius 2 is 2.18 bits per heavy atom. The Labute approximate surface area is 135 Å². The number of pyridine rings is 1. The maximum atomic E-state index is 13.5. The second kappa shape index (κ2) is 7.74. The molecule has 0 fully saturated rings. The number of benzene rings is 1. The van der Waals surface area contributed by atoms with Gasteiger partial charge in [-0.2, -0.15) is 0 Å². The molecule has 1 amide bonds. The van der Waals surface area contributed by atoms with Crippen molar-refractivity contribution >= 4 is 21.8 Å². The Kier molecular flexibility index (Phi) is 5.71. The first-order valence-electron chi connectivity index (χ1n) is 6.42. The van der Waals surface area contributed by atoms with Gasteiger partial charge in [-0.05, 0) is 23.8 Å². The van der Waals surface area contributed by atoms with E-state index in [2.05, 4.69) is 26.2 Å². The van der Waals surface area contributed by atoms with Crippen molar-refractivity contribution < 1.29 is 18.7 Å². The topological polar surface area (TPSA) is 60.5 Å². The Morgan fingerprint density at radius 1 is 1.36 bits per heavy atom. The predicted octanol–water partition coefficient (Wildman–Crippen LogP) is 2.69. The zero-order valence-electron chi connectivity index (χ0n) is 11.8. The number of rotatable bonds is 6. The van der Waals surface area contributed by atoms with Crippen LogP contribution in [0.1, 0.15) is 5.56 Å². The van der Waals surface area contributed by atoms with E-state index >= 15 is 0 Å². The van der Waals surface area contributed by atoms with Gasteiger partial charge in [0.05, 0.1) is 7.11 Å². The molecular formula is C15H14BrFN2O3. The average molecular weight is 369 g/mol. The molecule has 0 spiro atoms. The molecule has 1 aromatic heterocycles. The van der Waals surface area contributed by atoms with Gasteiger partial charge >= 0.3 is 0 Å². The maximum Gasteiger partial charge on any atom is 0.258 e. The zero-order valence-corrected chi connectivity index (χ0v) is 13.4. The molecule has 0 atom stereocenters. The van der Waals surface area contributed by atoms with E-state index in [4.69, 9.17) is 9.47 Å². The summed E-state index contributed by atoms with van der Waals surface area (Å²) in [5, 5.41) is 2.66. The number of aromatic nitrogens is 1. The highest BCUT2D eigenvalue weighted by molar-refractivity contribution is 9.10. The summed E-state index contributed by atoms with van der Waals surface area (Å²) < 4.78 is 24.2. The molecule has 1 heterocycles. The van der Waals surface area contributed by atoms with Gasteiger partial charge in [0, 0.05) is 23.3 Å². The van der Waals surface area contributed by atoms with Gasteiger partial charge in [0.25, 0.3) is 5.91 Å². The molecule has 0 saturated carbocycles. The number of amides is 1. The third-order valence-corrected chi connectivity index (χ3v) is 3.24. The quantitative estimate of drug-likeness (QED) is 0.851. The highest BCUT2D eigenvalue weighted by Crippen LogP contribution is 2.21. The Hall–Kier alpha value is -2.15. The normalized spacial score (nSPS) is 10.1. The molecule has 0 saturated heterocycles. The number of nitrogens with one attached hydrogen (secondary N) is 1. The minimum Gasteiger partial charge on any atom is -0.481 e. The lowest BCUT2D eigenvalue weighted by molar-refractivity contribution is -0.123. The van der Waals surface area contributed by atoms with Crippen molar-refractivity contribution in [3.05, 3.63) is 52.4 Å². The Morgan fingerprint density at radius 3 is 2.82 bits per heavy atom. The summed E-state index contributed by atoms with van der Waals surface area (Å²) in [7, 11) is 1.53. The summed E-state index contributed by atoms with van der Waals surface area (Å²) in [6.45, 7) is 0.0458. The summed E-state index contributed by atoms with van der Waals surface area (Å²) >= 11 is 3.15. The van der Waals surface area contributed by atoms with Crippen LogP contribution in [0.3, 0.4) is 0 Å². The van der Waals surface area contributed by atoms with Crippen LogP contribution in [0.5, 0.6) is 11.6 Å². The second-order valence-electron chi connectivity index (χ2n) is 4.35. The van der Waals surface area contributed by atoms with E-state index in [9.17, 15) is 9.18 Å². The van der Waals surface area contributed by atoms with E-state index in [0.29, 0.717) is 16.9 Å². The zero-order chi connectivity index (χ0) is 15.9. The van der Waals surface area contributed by atoms with E-state index in [1.165, 1.54) is 19.2 Å². The van der Waals surface area contributed by atoms with E-state index in [0.717, 1.165) is 5.56 Å². The smallest absolute Gasteiger partial charge is 0.258 e. The first kappa shape index (κ1) is 16.2. The number of ether oxygens (including phenoxy) is 2. The van der Waals surface area contributed by atoms with E-state index < -0.39 is 5.82 Å². The number of methoxy groups -OCH3 is 1. The number of hydrogen-bond acceptors (Lipinski definition) is 4. The number of carbonyl (C=O) groups excluding carboxylic acids is 1. The molecular weight excluding hydrogens is 355 g/mol. The molecule has 2 rings (SSSR count). The molecule has 0 aliphatic heterocycles. The van der Waals surface area contributed by atoms with E-state index in [-0.39, 0.29) is 18.3 Å². The SMILES string of the molecule is COc1ccc(CNC(=O)COc2ccc(Br)cc2F)cn1. The van der Waals surface area contributed by atoms with Crippen molar-refractivity contribution in [2.24, 2.45) is 0 Å². The standard InChI is InChI=1S/C15H14BrFN2O3/c1-21-15-5-2-10(8-19-15)7-18-14(20)9-22-13-4-3-11(16)6-12(13)17/h2-6,8H,7,9H2,1H3,(H,18,20). The van der Waals surface area contributed by atoms with Crippen LogP contribution in [-0.2, 0) is 11.3 Å². The van der Waals surface area contributed by atoms with Crippen LogP contribution in [0.4, 0.5) is 4.39 Å². The molecule has 0 aliphatic carbocycles. The lowest BCUT2D eigenvalue weighted by atomic mass is 10.3. The van der Waals surface area contributed by atoms with Gasteiger partial charge in [-0.1, -0.05) is 22.0 Å². The predicted molar refractivity (Wildman–Crippen MR) is 82.2 cm³/mol.